The Labute approximate surface area is 84.1 Å². The van der Waals surface area contributed by atoms with E-state index in [1.807, 2.05) is 0 Å². The van der Waals surface area contributed by atoms with E-state index >= 15 is 0 Å². The molecular formula is C11H8O4. The molecule has 0 bridgehead atoms. The second-order valence-electron chi connectivity index (χ2n) is 3.30. The molecule has 0 saturated carbocycles. The van der Waals surface area contributed by atoms with Crippen LogP contribution in [0.4, 0.5) is 0 Å². The topological polar surface area (TPSA) is 71.4 Å². The molecular weight excluding hydrogens is 196 g/mol. The molecule has 0 heterocycles. The molecule has 2 aromatic carbocycles. The first-order valence-corrected chi connectivity index (χ1v) is 4.53. The van der Waals surface area contributed by atoms with Crippen molar-refractivity contribution < 1.29 is 5.11 Å². The van der Waals surface area contributed by atoms with Gasteiger partial charge in [0.15, 0.2) is 0 Å². The molecule has 0 saturated heterocycles. The Morgan fingerprint density at radius 1 is 1.00 bits per heavy atom. The number of aliphatic hydroxyl groups excluding tert-OH is 1. The van der Waals surface area contributed by atoms with Gasteiger partial charge in [-0.3, -0.25) is 14.4 Å². The number of hydrogen-bond acceptors (Lipinski definition) is 4. The van der Waals surface area contributed by atoms with Crippen LogP contribution in [-0.4, -0.2) is 11.7 Å². The molecule has 0 aromatic heterocycles. The van der Waals surface area contributed by atoms with Crippen molar-refractivity contribution in [2.75, 3.05) is 6.61 Å². The predicted molar refractivity (Wildman–Crippen MR) is 55.9 cm³/mol. The van der Waals surface area contributed by atoms with Crippen LogP contribution in [0.2, 0.25) is 0 Å². The van der Waals surface area contributed by atoms with Gasteiger partial charge in [-0.05, 0) is 12.0 Å². The average Bonchev–Trinajstić information content (AvgIpc) is 2.46. The summed E-state index contributed by atoms with van der Waals surface area (Å²) in [5.74, 6) is 0. The van der Waals surface area contributed by atoms with E-state index in [-0.39, 0.29) is 23.8 Å². The second-order valence-corrected chi connectivity index (χ2v) is 3.30. The summed E-state index contributed by atoms with van der Waals surface area (Å²) in [4.78, 5) is 33.9. The second kappa shape index (κ2) is 3.40. The van der Waals surface area contributed by atoms with Gasteiger partial charge >= 0.3 is 0 Å². The lowest BCUT2D eigenvalue weighted by Gasteiger charge is -1.98. The van der Waals surface area contributed by atoms with Crippen molar-refractivity contribution in [3.05, 3.63) is 54.4 Å². The molecule has 0 spiro atoms. The molecule has 0 amide bonds. The predicted octanol–water partition coefficient (Wildman–Crippen LogP) is -0.669. The third-order valence-electron chi connectivity index (χ3n) is 2.42. The van der Waals surface area contributed by atoms with Gasteiger partial charge in [-0.1, -0.05) is 18.2 Å². The molecule has 0 fully saturated rings. The minimum absolute atomic E-state index is 0.119. The molecule has 2 rings (SSSR count). The molecule has 4 heteroatoms. The largest absolute Gasteiger partial charge is 0.396 e. The van der Waals surface area contributed by atoms with Crippen molar-refractivity contribution >= 4 is 10.8 Å². The molecule has 1 N–H and O–H groups in total. The normalized spacial score (nSPS) is 11.0. The van der Waals surface area contributed by atoms with Crippen LogP contribution in [0.3, 0.4) is 0 Å². The van der Waals surface area contributed by atoms with Crippen LogP contribution in [-0.2, 0) is 6.42 Å². The van der Waals surface area contributed by atoms with E-state index in [2.05, 4.69) is 0 Å². The van der Waals surface area contributed by atoms with E-state index in [9.17, 15) is 14.4 Å². The van der Waals surface area contributed by atoms with Crippen LogP contribution in [0.5, 0.6) is 0 Å². The van der Waals surface area contributed by atoms with Gasteiger partial charge in [0.05, 0.1) is 0 Å². The minimum Gasteiger partial charge on any atom is -0.396 e. The van der Waals surface area contributed by atoms with Crippen molar-refractivity contribution in [3.8, 4) is 0 Å². The minimum atomic E-state index is -0.976. The number of benzene rings is 1. The Balaban J connectivity index is 2.99. The molecule has 76 valence electrons. The van der Waals surface area contributed by atoms with Crippen LogP contribution < -0.4 is 16.3 Å². The highest BCUT2D eigenvalue weighted by atomic mass is 16.3. The van der Waals surface area contributed by atoms with E-state index < -0.39 is 16.3 Å². The number of hydrogen-bond donors (Lipinski definition) is 1. The Hall–Kier alpha value is -1.81. The van der Waals surface area contributed by atoms with Gasteiger partial charge in [-0.2, -0.15) is 0 Å². The summed E-state index contributed by atoms with van der Waals surface area (Å²) in [5, 5.41) is 9.12. The zero-order chi connectivity index (χ0) is 11.0. The van der Waals surface area contributed by atoms with E-state index in [0.29, 0.717) is 5.56 Å². The lowest BCUT2D eigenvalue weighted by Crippen LogP contribution is -2.29. The quantitative estimate of drug-likeness (QED) is 0.658. The van der Waals surface area contributed by atoms with E-state index in [1.165, 1.54) is 6.07 Å². The Kier molecular flexibility index (Phi) is 2.21. The summed E-state index contributed by atoms with van der Waals surface area (Å²) < 4.78 is 0. The first kappa shape index (κ1) is 9.73. The molecule has 2 aromatic rings. The lowest BCUT2D eigenvalue weighted by atomic mass is 10.1. The summed E-state index contributed by atoms with van der Waals surface area (Å²) >= 11 is 0. The Morgan fingerprint density at radius 2 is 1.73 bits per heavy atom. The standard InChI is InChI=1S/C11H8O4/c12-5-4-6-2-1-3-7-8(6)10(14)11(15)9(7)13/h1-3,12H,4-5H2. The fourth-order valence-electron chi connectivity index (χ4n) is 1.73. The van der Waals surface area contributed by atoms with Gasteiger partial charge in [0.2, 0.25) is 10.9 Å². The van der Waals surface area contributed by atoms with Gasteiger partial charge in [0.1, 0.15) is 0 Å². The molecule has 0 aliphatic carbocycles. The Morgan fingerprint density at radius 3 is 2.40 bits per heavy atom. The first-order valence-electron chi connectivity index (χ1n) is 4.53. The monoisotopic (exact) mass is 204 g/mol. The summed E-state index contributed by atoms with van der Waals surface area (Å²) in [7, 11) is 0. The Bertz CT molecular complexity index is 648. The van der Waals surface area contributed by atoms with E-state index in [1.54, 1.807) is 12.1 Å². The molecule has 0 radical (unpaired) electrons. The molecule has 0 unspecified atom stereocenters. The van der Waals surface area contributed by atoms with Crippen LogP contribution in [0.25, 0.3) is 10.8 Å². The van der Waals surface area contributed by atoms with E-state index in [0.717, 1.165) is 0 Å². The first-order chi connectivity index (χ1) is 7.16. The molecule has 0 atom stereocenters. The van der Waals surface area contributed by atoms with E-state index in [4.69, 9.17) is 5.11 Å². The summed E-state index contributed by atoms with van der Waals surface area (Å²) in [6, 6.07) is 4.70. The van der Waals surface area contributed by atoms with Crippen molar-refractivity contribution in [1.82, 2.24) is 0 Å². The maximum atomic E-state index is 11.5. The van der Waals surface area contributed by atoms with Crippen molar-refractivity contribution in [2.24, 2.45) is 0 Å². The van der Waals surface area contributed by atoms with Gasteiger partial charge in [-0.15, -0.1) is 0 Å². The molecule has 0 aliphatic rings. The maximum Gasteiger partial charge on any atom is 0.273 e. The fraction of sp³-hybridized carbons (Fsp3) is 0.182. The number of fused-ring (bicyclic) bond motifs is 1. The SMILES string of the molecule is O=c1c(=O)c2cccc(CCO)c2c1=O. The highest BCUT2D eigenvalue weighted by Crippen LogP contribution is 2.11. The summed E-state index contributed by atoms with van der Waals surface area (Å²) in [5.41, 5.74) is -1.91. The summed E-state index contributed by atoms with van der Waals surface area (Å²) in [6.07, 6.45) is 0.273. The third-order valence-corrected chi connectivity index (χ3v) is 2.42. The van der Waals surface area contributed by atoms with Crippen molar-refractivity contribution in [3.63, 3.8) is 0 Å². The average molecular weight is 204 g/mol. The van der Waals surface area contributed by atoms with Gasteiger partial charge in [0.25, 0.3) is 5.43 Å². The lowest BCUT2D eigenvalue weighted by molar-refractivity contribution is 0.300. The molecule has 15 heavy (non-hydrogen) atoms. The summed E-state index contributed by atoms with van der Waals surface area (Å²) in [6.45, 7) is -0.119. The highest BCUT2D eigenvalue weighted by molar-refractivity contribution is 5.86. The van der Waals surface area contributed by atoms with Crippen LogP contribution in [0.15, 0.2) is 32.6 Å². The zero-order valence-electron chi connectivity index (χ0n) is 7.82. The maximum absolute atomic E-state index is 11.5. The smallest absolute Gasteiger partial charge is 0.273 e. The van der Waals surface area contributed by atoms with Crippen LogP contribution >= 0.6 is 0 Å². The van der Waals surface area contributed by atoms with Gasteiger partial charge < -0.3 is 5.11 Å². The van der Waals surface area contributed by atoms with Gasteiger partial charge in [-0.25, -0.2) is 0 Å². The third kappa shape index (κ3) is 1.30. The van der Waals surface area contributed by atoms with Crippen molar-refractivity contribution in [1.29, 1.82) is 0 Å². The molecule has 0 aliphatic heterocycles. The molecule has 4 nitrogen and oxygen atoms in total. The number of aliphatic hydroxyl groups is 1. The van der Waals surface area contributed by atoms with Crippen LogP contribution in [0, 0.1) is 0 Å². The van der Waals surface area contributed by atoms with Crippen molar-refractivity contribution in [2.45, 2.75) is 6.42 Å². The van der Waals surface area contributed by atoms with Crippen LogP contribution in [0.1, 0.15) is 5.56 Å². The zero-order valence-corrected chi connectivity index (χ0v) is 7.82. The van der Waals surface area contributed by atoms with Gasteiger partial charge in [0, 0.05) is 17.4 Å². The number of rotatable bonds is 2. The fourth-order valence-corrected chi connectivity index (χ4v) is 1.73. The highest BCUT2D eigenvalue weighted by Gasteiger charge is 2.14.